The maximum absolute atomic E-state index is 11.9. The zero-order chi connectivity index (χ0) is 15.2. The molecule has 0 aliphatic heterocycles. The normalized spacial score (nSPS) is 14.0. The molecule has 1 aliphatic carbocycles. The molecule has 0 unspecified atom stereocenters. The molecule has 1 aromatic carbocycles. The van der Waals surface area contributed by atoms with Crippen molar-refractivity contribution in [1.29, 1.82) is 0 Å². The lowest BCUT2D eigenvalue weighted by Crippen LogP contribution is -2.39. The lowest BCUT2D eigenvalue weighted by molar-refractivity contribution is -0.123. The van der Waals surface area contributed by atoms with E-state index in [-0.39, 0.29) is 24.9 Å². The van der Waals surface area contributed by atoms with E-state index in [9.17, 15) is 9.59 Å². The van der Waals surface area contributed by atoms with Crippen LogP contribution in [-0.2, 0) is 16.1 Å². The quantitative estimate of drug-likeness (QED) is 0.674. The van der Waals surface area contributed by atoms with Crippen molar-refractivity contribution in [3.63, 3.8) is 0 Å². The van der Waals surface area contributed by atoms with Crippen molar-refractivity contribution in [3.05, 3.63) is 29.8 Å². The number of carbonyl (C=O) groups is 2. The number of benzene rings is 1. The Bertz CT molecular complexity index is 497. The Labute approximate surface area is 124 Å². The maximum atomic E-state index is 11.9. The minimum atomic E-state index is -0.141. The van der Waals surface area contributed by atoms with Gasteiger partial charge in [0.05, 0.1) is 13.1 Å². The molecular formula is C15H22N4O2. The van der Waals surface area contributed by atoms with Crippen LogP contribution in [0.3, 0.4) is 0 Å². The summed E-state index contributed by atoms with van der Waals surface area (Å²) >= 11 is 0. The second-order valence-electron chi connectivity index (χ2n) is 5.46. The van der Waals surface area contributed by atoms with E-state index in [0.717, 1.165) is 24.1 Å². The molecule has 6 nitrogen and oxygen atoms in total. The molecule has 1 saturated carbocycles. The van der Waals surface area contributed by atoms with E-state index in [1.54, 1.807) is 11.9 Å². The van der Waals surface area contributed by atoms with Crippen LogP contribution in [-0.4, -0.2) is 42.9 Å². The van der Waals surface area contributed by atoms with E-state index in [1.807, 2.05) is 24.3 Å². The van der Waals surface area contributed by atoms with Crippen LogP contribution in [0.4, 0.5) is 5.69 Å². The molecule has 0 aromatic heterocycles. The molecule has 0 spiro atoms. The van der Waals surface area contributed by atoms with Crippen LogP contribution in [0.25, 0.3) is 0 Å². The first kappa shape index (κ1) is 15.5. The number of nitrogens with two attached hydrogens (primary N) is 1. The van der Waals surface area contributed by atoms with Gasteiger partial charge in [-0.1, -0.05) is 12.1 Å². The van der Waals surface area contributed by atoms with Gasteiger partial charge in [0, 0.05) is 18.3 Å². The van der Waals surface area contributed by atoms with Crippen molar-refractivity contribution in [2.75, 3.05) is 25.5 Å². The number of amides is 2. The zero-order valence-corrected chi connectivity index (χ0v) is 12.3. The molecule has 0 heterocycles. The van der Waals surface area contributed by atoms with Gasteiger partial charge in [0.15, 0.2) is 0 Å². The van der Waals surface area contributed by atoms with Gasteiger partial charge >= 0.3 is 0 Å². The molecule has 114 valence electrons. The molecule has 0 bridgehead atoms. The number of hydrogen-bond acceptors (Lipinski definition) is 4. The molecule has 4 N–H and O–H groups in total. The maximum Gasteiger partial charge on any atom is 0.238 e. The van der Waals surface area contributed by atoms with Crippen LogP contribution in [0.15, 0.2) is 24.3 Å². The molecule has 0 radical (unpaired) electrons. The van der Waals surface area contributed by atoms with Gasteiger partial charge in [0.25, 0.3) is 0 Å². The second kappa shape index (κ2) is 7.19. The van der Waals surface area contributed by atoms with Crippen molar-refractivity contribution in [2.24, 2.45) is 5.73 Å². The van der Waals surface area contributed by atoms with Gasteiger partial charge in [-0.15, -0.1) is 0 Å². The van der Waals surface area contributed by atoms with Crippen LogP contribution >= 0.6 is 0 Å². The molecule has 1 aromatic rings. The Hall–Kier alpha value is -1.92. The highest BCUT2D eigenvalue weighted by Crippen LogP contribution is 2.18. The van der Waals surface area contributed by atoms with Gasteiger partial charge < -0.3 is 16.4 Å². The minimum Gasteiger partial charge on any atom is -0.352 e. The first-order valence-electron chi connectivity index (χ1n) is 7.13. The summed E-state index contributed by atoms with van der Waals surface area (Å²) < 4.78 is 0. The summed E-state index contributed by atoms with van der Waals surface area (Å²) in [5.74, 6) is -0.169. The Morgan fingerprint density at radius 1 is 1.19 bits per heavy atom. The predicted molar refractivity (Wildman–Crippen MR) is 81.6 cm³/mol. The number of nitrogens with one attached hydrogen (secondary N) is 2. The van der Waals surface area contributed by atoms with Crippen molar-refractivity contribution in [3.8, 4) is 0 Å². The van der Waals surface area contributed by atoms with E-state index in [4.69, 9.17) is 5.73 Å². The summed E-state index contributed by atoms with van der Waals surface area (Å²) in [6, 6.07) is 7.74. The summed E-state index contributed by atoms with van der Waals surface area (Å²) in [6.45, 7) is 0.889. The Kier molecular flexibility index (Phi) is 5.30. The van der Waals surface area contributed by atoms with Gasteiger partial charge in [0.1, 0.15) is 0 Å². The van der Waals surface area contributed by atoms with Gasteiger partial charge in [0.2, 0.25) is 11.8 Å². The Morgan fingerprint density at radius 2 is 1.81 bits per heavy atom. The van der Waals surface area contributed by atoms with Gasteiger partial charge in [-0.05, 0) is 37.6 Å². The molecule has 2 rings (SSSR count). The van der Waals surface area contributed by atoms with E-state index >= 15 is 0 Å². The average Bonchev–Trinajstić information content (AvgIpc) is 3.22. The SMILES string of the molecule is CN(CC(=O)Nc1ccc(CN)cc1)CC(=O)NC1CC1. The smallest absolute Gasteiger partial charge is 0.238 e. The highest BCUT2D eigenvalue weighted by Gasteiger charge is 2.23. The second-order valence-corrected chi connectivity index (χ2v) is 5.46. The first-order chi connectivity index (χ1) is 10.1. The summed E-state index contributed by atoms with van der Waals surface area (Å²) in [6.07, 6.45) is 2.13. The third kappa shape index (κ3) is 5.53. The molecule has 6 heteroatoms. The Morgan fingerprint density at radius 3 is 2.38 bits per heavy atom. The number of likely N-dealkylation sites (N-methyl/N-ethyl adjacent to an activating group) is 1. The molecule has 1 fully saturated rings. The summed E-state index contributed by atoms with van der Waals surface area (Å²) in [5.41, 5.74) is 7.27. The number of anilines is 1. The van der Waals surface area contributed by atoms with E-state index in [2.05, 4.69) is 10.6 Å². The highest BCUT2D eigenvalue weighted by atomic mass is 16.2. The van der Waals surface area contributed by atoms with Gasteiger partial charge in [-0.3, -0.25) is 14.5 Å². The number of carbonyl (C=O) groups excluding carboxylic acids is 2. The van der Waals surface area contributed by atoms with Crippen LogP contribution in [0.2, 0.25) is 0 Å². The molecule has 0 atom stereocenters. The van der Waals surface area contributed by atoms with E-state index in [0.29, 0.717) is 12.6 Å². The predicted octanol–water partition coefficient (Wildman–Crippen LogP) is 0.294. The van der Waals surface area contributed by atoms with E-state index < -0.39 is 0 Å². The molecule has 1 aliphatic rings. The summed E-state index contributed by atoms with van der Waals surface area (Å²) in [7, 11) is 1.75. The molecular weight excluding hydrogens is 268 g/mol. The highest BCUT2D eigenvalue weighted by molar-refractivity contribution is 5.92. The average molecular weight is 290 g/mol. The lowest BCUT2D eigenvalue weighted by atomic mass is 10.2. The largest absolute Gasteiger partial charge is 0.352 e. The fourth-order valence-electron chi connectivity index (χ4n) is 1.97. The number of hydrogen-bond donors (Lipinski definition) is 3. The van der Waals surface area contributed by atoms with E-state index in [1.165, 1.54) is 0 Å². The Balaban J connectivity index is 1.73. The van der Waals surface area contributed by atoms with Gasteiger partial charge in [-0.25, -0.2) is 0 Å². The van der Waals surface area contributed by atoms with Gasteiger partial charge in [-0.2, -0.15) is 0 Å². The fourth-order valence-corrected chi connectivity index (χ4v) is 1.97. The van der Waals surface area contributed by atoms with Crippen molar-refractivity contribution in [2.45, 2.75) is 25.4 Å². The fraction of sp³-hybridized carbons (Fsp3) is 0.467. The van der Waals surface area contributed by atoms with Crippen LogP contribution in [0.5, 0.6) is 0 Å². The van der Waals surface area contributed by atoms with Crippen molar-refractivity contribution >= 4 is 17.5 Å². The van der Waals surface area contributed by atoms with Crippen molar-refractivity contribution in [1.82, 2.24) is 10.2 Å². The van der Waals surface area contributed by atoms with Crippen LogP contribution < -0.4 is 16.4 Å². The van der Waals surface area contributed by atoms with Crippen molar-refractivity contribution < 1.29 is 9.59 Å². The third-order valence-corrected chi connectivity index (χ3v) is 3.24. The number of rotatable bonds is 7. The minimum absolute atomic E-state index is 0.0277. The monoisotopic (exact) mass is 290 g/mol. The van der Waals surface area contributed by atoms with Crippen LogP contribution in [0.1, 0.15) is 18.4 Å². The van der Waals surface area contributed by atoms with Crippen LogP contribution in [0, 0.1) is 0 Å². The lowest BCUT2D eigenvalue weighted by Gasteiger charge is -2.16. The molecule has 0 saturated heterocycles. The zero-order valence-electron chi connectivity index (χ0n) is 12.3. The number of nitrogens with zero attached hydrogens (tertiary/aromatic N) is 1. The third-order valence-electron chi connectivity index (χ3n) is 3.24. The molecule has 21 heavy (non-hydrogen) atoms. The summed E-state index contributed by atoms with van der Waals surface area (Å²) in [5, 5.41) is 5.69. The topological polar surface area (TPSA) is 87.5 Å². The summed E-state index contributed by atoms with van der Waals surface area (Å²) in [4.78, 5) is 25.2. The molecule has 2 amide bonds. The first-order valence-corrected chi connectivity index (χ1v) is 7.13. The standard InChI is InChI=1S/C15H22N4O2/c1-19(10-15(21)18-13-6-7-13)9-14(20)17-12-4-2-11(8-16)3-5-12/h2-5,13H,6-10,16H2,1H3,(H,17,20)(H,18,21).